The Morgan fingerprint density at radius 2 is 1.88 bits per heavy atom. The number of nitrogens with one attached hydrogen (secondary N) is 1. The molecule has 5 rings (SSSR count). The summed E-state index contributed by atoms with van der Waals surface area (Å²) in [5.74, 6) is 0.138. The minimum Gasteiger partial charge on any atom is -0.477 e. The van der Waals surface area contributed by atoms with E-state index in [1.165, 1.54) is 11.3 Å². The Morgan fingerprint density at radius 1 is 1.15 bits per heavy atom. The summed E-state index contributed by atoms with van der Waals surface area (Å²) in [7, 11) is 0. The van der Waals surface area contributed by atoms with Gasteiger partial charge in [0.05, 0.1) is 12.1 Å². The number of imidazole rings is 1. The van der Waals surface area contributed by atoms with Gasteiger partial charge in [-0.05, 0) is 35.4 Å². The van der Waals surface area contributed by atoms with Crippen LogP contribution in [0.25, 0.3) is 33.6 Å². The number of aromatic amines is 1. The van der Waals surface area contributed by atoms with Crippen molar-refractivity contribution in [2.45, 2.75) is 25.5 Å². The Morgan fingerprint density at radius 3 is 2.53 bits per heavy atom. The van der Waals surface area contributed by atoms with Crippen LogP contribution in [0.1, 0.15) is 27.0 Å². The summed E-state index contributed by atoms with van der Waals surface area (Å²) < 4.78 is 7.21. The molecule has 0 saturated heterocycles. The van der Waals surface area contributed by atoms with E-state index >= 15 is 0 Å². The predicted molar refractivity (Wildman–Crippen MR) is 133 cm³/mol. The van der Waals surface area contributed by atoms with Crippen molar-refractivity contribution in [1.82, 2.24) is 19.7 Å². The summed E-state index contributed by atoms with van der Waals surface area (Å²) in [6, 6.07) is 15.6. The maximum absolute atomic E-state index is 11.9. The van der Waals surface area contributed by atoms with E-state index < -0.39 is 11.7 Å². The van der Waals surface area contributed by atoms with Gasteiger partial charge in [0.1, 0.15) is 10.4 Å². The van der Waals surface area contributed by atoms with E-state index in [9.17, 15) is 14.7 Å². The van der Waals surface area contributed by atoms with Crippen LogP contribution >= 0.6 is 23.1 Å². The molecule has 0 aliphatic rings. The maximum Gasteiger partial charge on any atom is 0.377 e. The second-order valence-corrected chi connectivity index (χ2v) is 10.0. The molecule has 0 unspecified atom stereocenters. The zero-order chi connectivity index (χ0) is 23.8. The second kappa shape index (κ2) is 8.96. The molecule has 0 amide bonds. The molecule has 172 valence electrons. The average molecular weight is 493 g/mol. The Bertz CT molecular complexity index is 1560. The Balaban J connectivity index is 1.52. The van der Waals surface area contributed by atoms with E-state index in [1.54, 1.807) is 11.8 Å². The number of H-pyrrole nitrogens is 1. The Labute approximate surface area is 202 Å². The fraction of sp³-hybridized carbons (Fsp3) is 0.167. The molecule has 0 bridgehead atoms. The molecular weight excluding hydrogens is 472 g/mol. The lowest BCUT2D eigenvalue weighted by molar-refractivity contribution is 0.0703. The summed E-state index contributed by atoms with van der Waals surface area (Å²) in [6.45, 7) is 4.46. The van der Waals surface area contributed by atoms with Crippen molar-refractivity contribution < 1.29 is 14.4 Å². The second-order valence-electron chi connectivity index (χ2n) is 7.57. The summed E-state index contributed by atoms with van der Waals surface area (Å²) in [5, 5.41) is 12.8. The van der Waals surface area contributed by atoms with Gasteiger partial charge in [0, 0.05) is 10.4 Å². The minimum atomic E-state index is -0.936. The number of fused-ring (bicyclic) bond motifs is 1. The van der Waals surface area contributed by atoms with E-state index in [0.717, 1.165) is 38.0 Å². The number of rotatable bonds is 7. The molecule has 0 spiro atoms. The molecule has 0 aliphatic heterocycles. The number of aromatic nitrogens is 4. The lowest BCUT2D eigenvalue weighted by Crippen LogP contribution is -2.04. The third-order valence-corrected chi connectivity index (χ3v) is 7.34. The van der Waals surface area contributed by atoms with Crippen LogP contribution in [0, 0.1) is 6.92 Å². The van der Waals surface area contributed by atoms with Gasteiger partial charge >= 0.3 is 11.7 Å². The lowest BCUT2D eigenvalue weighted by atomic mass is 9.98. The number of aromatic carboxylic acids is 1. The first-order valence-corrected chi connectivity index (χ1v) is 12.4. The molecule has 0 radical (unpaired) electrons. The Kier molecular flexibility index (Phi) is 5.84. The molecule has 34 heavy (non-hydrogen) atoms. The molecule has 2 aromatic carbocycles. The quantitative estimate of drug-likeness (QED) is 0.297. The molecule has 2 N–H and O–H groups in total. The van der Waals surface area contributed by atoms with E-state index in [1.807, 2.05) is 60.0 Å². The van der Waals surface area contributed by atoms with Crippen LogP contribution in [0.4, 0.5) is 0 Å². The monoisotopic (exact) mass is 492 g/mol. The average Bonchev–Trinajstić information content (AvgIpc) is 3.51. The fourth-order valence-electron chi connectivity index (χ4n) is 3.93. The molecule has 10 heteroatoms. The van der Waals surface area contributed by atoms with Crippen LogP contribution in [0.15, 0.2) is 63.0 Å². The smallest absolute Gasteiger partial charge is 0.377 e. The number of carboxylic acid groups (broad SMARTS) is 1. The number of nitrogens with zero attached hydrogens (tertiary/aromatic N) is 3. The van der Waals surface area contributed by atoms with Crippen LogP contribution in [0.5, 0.6) is 0 Å². The van der Waals surface area contributed by atoms with Gasteiger partial charge < -0.3 is 14.2 Å². The van der Waals surface area contributed by atoms with Crippen LogP contribution < -0.4 is 5.69 Å². The van der Waals surface area contributed by atoms with Gasteiger partial charge in [-0.2, -0.15) is 10.1 Å². The van der Waals surface area contributed by atoms with E-state index in [4.69, 9.17) is 9.51 Å². The van der Waals surface area contributed by atoms with Crippen LogP contribution in [0.2, 0.25) is 0 Å². The summed E-state index contributed by atoms with van der Waals surface area (Å²) in [5.41, 5.74) is 4.46. The Hall–Kier alpha value is -3.63. The topological polar surface area (TPSA) is 114 Å². The highest BCUT2D eigenvalue weighted by molar-refractivity contribution is 7.99. The number of benzene rings is 2. The van der Waals surface area contributed by atoms with E-state index in [2.05, 4.69) is 17.1 Å². The van der Waals surface area contributed by atoms with Gasteiger partial charge in [-0.25, -0.2) is 14.6 Å². The van der Waals surface area contributed by atoms with Crippen molar-refractivity contribution in [3.8, 4) is 22.6 Å². The number of carboxylic acids is 1. The zero-order valence-electron chi connectivity index (χ0n) is 18.4. The number of hydrogen-bond acceptors (Lipinski definition) is 7. The van der Waals surface area contributed by atoms with Crippen molar-refractivity contribution >= 4 is 40.1 Å². The van der Waals surface area contributed by atoms with Gasteiger partial charge in [0.2, 0.25) is 0 Å². The number of aryl methyl sites for hydroxylation is 1. The van der Waals surface area contributed by atoms with Crippen LogP contribution in [0.3, 0.4) is 0 Å². The summed E-state index contributed by atoms with van der Waals surface area (Å²) in [4.78, 5) is 33.2. The van der Waals surface area contributed by atoms with Gasteiger partial charge in [0.25, 0.3) is 5.89 Å². The molecule has 5 aromatic rings. The third kappa shape index (κ3) is 3.95. The summed E-state index contributed by atoms with van der Waals surface area (Å²) >= 11 is 2.86. The van der Waals surface area contributed by atoms with Crippen LogP contribution in [-0.2, 0) is 6.54 Å². The van der Waals surface area contributed by atoms with Gasteiger partial charge in [-0.1, -0.05) is 61.2 Å². The number of hydrogen-bond donors (Lipinski definition) is 2. The highest BCUT2D eigenvalue weighted by atomic mass is 32.2. The first kappa shape index (κ1) is 22.2. The van der Waals surface area contributed by atoms with Crippen molar-refractivity contribution in [3.05, 3.63) is 74.3 Å². The molecule has 3 aromatic heterocycles. The van der Waals surface area contributed by atoms with E-state index in [0.29, 0.717) is 22.5 Å². The van der Waals surface area contributed by atoms with Crippen molar-refractivity contribution in [1.29, 1.82) is 0 Å². The first-order valence-electron chi connectivity index (χ1n) is 10.6. The lowest BCUT2D eigenvalue weighted by Gasteiger charge is -2.11. The van der Waals surface area contributed by atoms with Gasteiger partial charge in [-0.15, -0.1) is 11.3 Å². The van der Waals surface area contributed by atoms with Crippen molar-refractivity contribution in [2.24, 2.45) is 0 Å². The number of thiophene rings is 1. The molecule has 8 nitrogen and oxygen atoms in total. The third-order valence-electron chi connectivity index (χ3n) is 5.41. The van der Waals surface area contributed by atoms with Crippen molar-refractivity contribution in [3.63, 3.8) is 0 Å². The van der Waals surface area contributed by atoms with Crippen LogP contribution in [-0.4, -0.2) is 36.5 Å². The highest BCUT2D eigenvalue weighted by Crippen LogP contribution is 2.35. The fourth-order valence-corrected chi connectivity index (χ4v) is 5.59. The molecule has 3 heterocycles. The minimum absolute atomic E-state index is 0.237. The molecule has 0 fully saturated rings. The SMILES string of the molecule is CCSc1nc2c(C)sc(C(=O)O)c2n1Cc1ccc(-c2ccccc2-c2nc(=O)[nH]o2)cc1. The van der Waals surface area contributed by atoms with Gasteiger partial charge in [-0.3, -0.25) is 0 Å². The molecular formula is C24H20N4O4S2. The number of thioether (sulfide) groups is 1. The van der Waals surface area contributed by atoms with Crippen molar-refractivity contribution in [2.75, 3.05) is 5.75 Å². The standard InChI is InChI=1S/C24H20N4O4S2/c1-3-33-24-25-18-13(2)34-20(22(29)30)19(18)28(24)12-14-8-10-15(11-9-14)16-6-4-5-7-17(16)21-26-23(31)27-32-21/h4-11H,3,12H2,1-2H3,(H,27,31)(H,29,30). The number of carbonyl (C=O) groups is 1. The molecule has 0 atom stereocenters. The maximum atomic E-state index is 11.9. The predicted octanol–water partition coefficient (Wildman–Crippen LogP) is 5.28. The van der Waals surface area contributed by atoms with E-state index in [-0.39, 0.29) is 5.89 Å². The molecule has 0 aliphatic carbocycles. The zero-order valence-corrected chi connectivity index (χ0v) is 20.0. The summed E-state index contributed by atoms with van der Waals surface area (Å²) in [6.07, 6.45) is 0. The normalized spacial score (nSPS) is 11.4. The molecule has 0 saturated carbocycles. The highest BCUT2D eigenvalue weighted by Gasteiger charge is 2.23. The largest absolute Gasteiger partial charge is 0.477 e. The van der Waals surface area contributed by atoms with Gasteiger partial charge in [0.15, 0.2) is 5.16 Å². The first-order chi connectivity index (χ1) is 16.5.